The summed E-state index contributed by atoms with van der Waals surface area (Å²) in [4.78, 5) is 11.7. The van der Waals surface area contributed by atoms with Crippen LogP contribution in [0.25, 0.3) is 17.0 Å². The lowest BCUT2D eigenvalue weighted by Gasteiger charge is -2.34. The quantitative estimate of drug-likeness (QED) is 0.738. The van der Waals surface area contributed by atoms with Crippen LogP contribution in [0.3, 0.4) is 0 Å². The Balaban J connectivity index is 2.11. The number of aryl methyl sites for hydroxylation is 1. The summed E-state index contributed by atoms with van der Waals surface area (Å²) in [6, 6.07) is 3.73. The maximum absolute atomic E-state index is 11.7. The highest BCUT2D eigenvalue weighted by atomic mass is 16.4. The molecule has 1 fully saturated rings. The van der Waals surface area contributed by atoms with Gasteiger partial charge in [-0.15, -0.1) is 0 Å². The molecule has 1 saturated carbocycles. The molecule has 0 amide bonds. The van der Waals surface area contributed by atoms with Gasteiger partial charge >= 0.3 is 5.63 Å². The van der Waals surface area contributed by atoms with E-state index in [-0.39, 0.29) is 11.2 Å². The van der Waals surface area contributed by atoms with E-state index in [1.165, 1.54) is 11.6 Å². The van der Waals surface area contributed by atoms with Crippen molar-refractivity contribution in [1.29, 1.82) is 0 Å². The fraction of sp³-hybridized carbons (Fsp3) is 0.353. The number of fused-ring (bicyclic) bond motifs is 4. The first-order valence-corrected chi connectivity index (χ1v) is 7.05. The van der Waals surface area contributed by atoms with Crippen LogP contribution >= 0.6 is 0 Å². The molecule has 1 unspecified atom stereocenters. The number of hydrogen-bond donors (Lipinski definition) is 1. The first-order chi connectivity index (χ1) is 9.98. The first kappa shape index (κ1) is 10.7. The van der Waals surface area contributed by atoms with Gasteiger partial charge in [0.05, 0.1) is 6.91 Å². The fourth-order valence-corrected chi connectivity index (χ4v) is 3.47. The first-order valence-electron chi connectivity index (χ1n) is 7.55. The highest BCUT2D eigenvalue weighted by molar-refractivity contribution is 5.95. The Morgan fingerprint density at radius 2 is 2.35 bits per heavy atom. The average molecular weight is 268 g/mol. The third kappa shape index (κ3) is 1.49. The van der Waals surface area contributed by atoms with Gasteiger partial charge < -0.3 is 9.73 Å². The highest BCUT2D eigenvalue weighted by Crippen LogP contribution is 2.45. The molecule has 0 radical (unpaired) electrons. The summed E-state index contributed by atoms with van der Waals surface area (Å²) < 4.78 is 13.8. The van der Waals surface area contributed by atoms with Crippen LogP contribution in [0.2, 0.25) is 0 Å². The normalized spacial score (nSPS) is 24.7. The lowest BCUT2D eigenvalue weighted by molar-refractivity contribution is 0.558. The molecule has 0 bridgehead atoms. The van der Waals surface area contributed by atoms with Crippen LogP contribution < -0.4 is 10.9 Å². The molecule has 1 aliphatic carbocycles. The molecule has 1 aromatic heterocycles. The molecule has 3 nitrogen and oxygen atoms in total. The molecule has 3 heteroatoms. The largest absolute Gasteiger partial charge is 0.422 e. The zero-order valence-corrected chi connectivity index (χ0v) is 11.7. The van der Waals surface area contributed by atoms with Crippen molar-refractivity contribution in [3.8, 4) is 0 Å². The summed E-state index contributed by atoms with van der Waals surface area (Å²) in [5.41, 5.74) is 4.04. The number of benzene rings is 1. The van der Waals surface area contributed by atoms with Crippen molar-refractivity contribution >= 4 is 22.7 Å². The van der Waals surface area contributed by atoms with Gasteiger partial charge in [-0.1, -0.05) is 0 Å². The maximum Gasteiger partial charge on any atom is 0.336 e. The molecule has 4 rings (SSSR count). The monoisotopic (exact) mass is 268 g/mol. The van der Waals surface area contributed by atoms with Crippen molar-refractivity contribution in [3.05, 3.63) is 45.3 Å². The molecule has 1 N–H and O–H groups in total. The topological polar surface area (TPSA) is 42.2 Å². The van der Waals surface area contributed by atoms with Gasteiger partial charge in [0.1, 0.15) is 5.58 Å². The van der Waals surface area contributed by atoms with E-state index in [1.54, 1.807) is 6.07 Å². The third-order valence-electron chi connectivity index (χ3n) is 4.63. The summed E-state index contributed by atoms with van der Waals surface area (Å²) in [5.74, 6) is 0. The van der Waals surface area contributed by atoms with Crippen LogP contribution in [0.1, 0.15) is 38.7 Å². The minimum atomic E-state index is -0.335. The van der Waals surface area contributed by atoms with Crippen LogP contribution in [-0.4, -0.2) is 5.54 Å². The van der Waals surface area contributed by atoms with Gasteiger partial charge in [-0.2, -0.15) is 0 Å². The molecule has 0 saturated heterocycles. The van der Waals surface area contributed by atoms with E-state index in [1.807, 2.05) is 6.92 Å². The van der Waals surface area contributed by atoms with Crippen LogP contribution in [0, 0.1) is 6.92 Å². The fourth-order valence-electron chi connectivity index (χ4n) is 3.47. The molecule has 20 heavy (non-hydrogen) atoms. The second kappa shape index (κ2) is 3.75. The molecule has 102 valence electrons. The van der Waals surface area contributed by atoms with Gasteiger partial charge in [-0.05, 0) is 62.4 Å². The second-order valence-electron chi connectivity index (χ2n) is 6.05. The molecule has 0 spiro atoms. The molecule has 1 atom stereocenters. The molecule has 1 aliphatic heterocycles. The Morgan fingerprint density at radius 1 is 1.50 bits per heavy atom. The van der Waals surface area contributed by atoms with E-state index in [0.717, 1.165) is 41.5 Å². The number of rotatable bonds is 0. The number of nitrogens with one attached hydrogen (secondary N) is 1. The van der Waals surface area contributed by atoms with Crippen molar-refractivity contribution in [2.45, 2.75) is 38.6 Å². The van der Waals surface area contributed by atoms with Gasteiger partial charge in [0.15, 0.2) is 0 Å². The third-order valence-corrected chi connectivity index (χ3v) is 4.63. The van der Waals surface area contributed by atoms with Gasteiger partial charge in [-0.3, -0.25) is 0 Å². The lowest BCUT2D eigenvalue weighted by Crippen LogP contribution is -2.35. The summed E-state index contributed by atoms with van der Waals surface area (Å²) in [7, 11) is 0. The van der Waals surface area contributed by atoms with Crippen molar-refractivity contribution in [2.24, 2.45) is 0 Å². The number of hydrogen-bond acceptors (Lipinski definition) is 3. The van der Waals surface area contributed by atoms with E-state index in [4.69, 9.17) is 5.79 Å². The van der Waals surface area contributed by atoms with E-state index in [9.17, 15) is 4.79 Å². The van der Waals surface area contributed by atoms with Crippen molar-refractivity contribution < 1.29 is 5.79 Å². The van der Waals surface area contributed by atoms with Crippen molar-refractivity contribution in [1.82, 2.24) is 0 Å². The summed E-state index contributed by atoms with van der Waals surface area (Å²) >= 11 is 0. The van der Waals surface area contributed by atoms with Crippen molar-refractivity contribution in [2.75, 3.05) is 5.32 Å². The predicted octanol–water partition coefficient (Wildman–Crippen LogP) is 3.85. The van der Waals surface area contributed by atoms with Crippen molar-refractivity contribution in [3.63, 3.8) is 0 Å². The SMILES string of the molecule is [2H]c1cc2c(C)cc(=O)oc2c2c1NC1(C)CCCC1=C2. The Labute approximate surface area is 118 Å². The Kier molecular flexibility index (Phi) is 2.01. The van der Waals surface area contributed by atoms with Crippen LogP contribution in [-0.2, 0) is 0 Å². The smallest absolute Gasteiger partial charge is 0.336 e. The van der Waals surface area contributed by atoms with E-state index < -0.39 is 0 Å². The lowest BCUT2D eigenvalue weighted by atomic mass is 9.88. The predicted molar refractivity (Wildman–Crippen MR) is 81.1 cm³/mol. The van der Waals surface area contributed by atoms with E-state index in [2.05, 4.69) is 18.3 Å². The van der Waals surface area contributed by atoms with E-state index >= 15 is 0 Å². The molecule has 1 aromatic carbocycles. The Hall–Kier alpha value is -2.03. The summed E-state index contributed by atoms with van der Waals surface area (Å²) in [6.07, 6.45) is 5.41. The van der Waals surface area contributed by atoms with Gasteiger partial charge in [0.2, 0.25) is 0 Å². The summed E-state index contributed by atoms with van der Waals surface area (Å²) in [6.45, 7) is 4.07. The van der Waals surface area contributed by atoms with Crippen LogP contribution in [0.4, 0.5) is 5.69 Å². The van der Waals surface area contributed by atoms with Crippen LogP contribution in [0.5, 0.6) is 0 Å². The van der Waals surface area contributed by atoms with Crippen LogP contribution in [0.15, 0.2) is 33.0 Å². The van der Waals surface area contributed by atoms with Gasteiger partial charge in [0, 0.05) is 22.7 Å². The summed E-state index contributed by atoms with van der Waals surface area (Å²) in [5, 5.41) is 4.36. The van der Waals surface area contributed by atoms with Gasteiger partial charge in [0.25, 0.3) is 0 Å². The maximum atomic E-state index is 11.7. The second-order valence-corrected chi connectivity index (χ2v) is 6.05. The average Bonchev–Trinajstić information content (AvgIpc) is 2.79. The van der Waals surface area contributed by atoms with Gasteiger partial charge in [-0.25, -0.2) is 4.79 Å². The molecule has 2 aliphatic rings. The highest BCUT2D eigenvalue weighted by Gasteiger charge is 2.37. The molecule has 2 aromatic rings. The molecule has 2 heterocycles. The minimum absolute atomic E-state index is 0.0550. The minimum Gasteiger partial charge on any atom is -0.422 e. The molecular formula is C17H17NO2. The standard InChI is InChI=1S/C17H17NO2/c1-10-8-15(19)20-16-12(10)5-6-14-13(16)9-11-4-3-7-17(11,2)18-14/h5-6,8-9,18H,3-4,7H2,1-2H3/i6D. The number of anilines is 1. The zero-order valence-electron chi connectivity index (χ0n) is 12.7. The Morgan fingerprint density at radius 3 is 3.20 bits per heavy atom. The zero-order chi connectivity index (χ0) is 14.8. The van der Waals surface area contributed by atoms with E-state index in [0.29, 0.717) is 11.6 Å². The Bertz CT molecular complexity index is 865. The molecular weight excluding hydrogens is 250 g/mol.